The molecule has 94 valence electrons. The van der Waals surface area contributed by atoms with Crippen LogP contribution in [-0.4, -0.2) is 35.3 Å². The van der Waals surface area contributed by atoms with Gasteiger partial charge in [-0.25, -0.2) is 0 Å². The van der Waals surface area contributed by atoms with Crippen LogP contribution in [0.15, 0.2) is 0 Å². The Bertz CT molecular complexity index is 202. The number of carbonyl (C=O) groups excluding carboxylic acids is 1. The van der Waals surface area contributed by atoms with Crippen LogP contribution < -0.4 is 0 Å². The largest absolute Gasteiger partial charge is 0.466 e. The molecule has 1 rings (SSSR count). The maximum atomic E-state index is 11.3. The van der Waals surface area contributed by atoms with Crippen molar-refractivity contribution in [2.24, 2.45) is 5.92 Å². The first-order valence-electron chi connectivity index (χ1n) is 6.15. The number of ether oxygens (including phenoxy) is 1. The molecule has 1 fully saturated rings. The number of hydrogen-bond donors (Lipinski definition) is 1. The number of thioether (sulfide) groups is 1. The fourth-order valence-corrected chi connectivity index (χ4v) is 3.09. The van der Waals surface area contributed by atoms with Crippen LogP contribution in [0.3, 0.4) is 0 Å². The van der Waals surface area contributed by atoms with Crippen LogP contribution in [0.25, 0.3) is 0 Å². The topological polar surface area (TPSA) is 46.5 Å². The van der Waals surface area contributed by atoms with Crippen LogP contribution in [0.1, 0.15) is 39.0 Å². The standard InChI is InChI=1S/C12H22O3S/c1-2-3-7-15-12(14)5-4-11(13)10-6-8-16-9-10/h10-11,13H,2-9H2,1H3. The second kappa shape index (κ2) is 7.96. The molecular weight excluding hydrogens is 224 g/mol. The zero-order valence-electron chi connectivity index (χ0n) is 9.98. The van der Waals surface area contributed by atoms with Gasteiger partial charge in [0.2, 0.25) is 0 Å². The Balaban J connectivity index is 2.06. The Morgan fingerprint density at radius 3 is 3.06 bits per heavy atom. The molecule has 4 heteroatoms. The summed E-state index contributed by atoms with van der Waals surface area (Å²) in [5.41, 5.74) is 0. The van der Waals surface area contributed by atoms with Gasteiger partial charge in [-0.15, -0.1) is 0 Å². The van der Waals surface area contributed by atoms with Crippen molar-refractivity contribution in [2.75, 3.05) is 18.1 Å². The first-order valence-corrected chi connectivity index (χ1v) is 7.31. The molecule has 0 saturated carbocycles. The van der Waals surface area contributed by atoms with Crippen LogP contribution in [-0.2, 0) is 9.53 Å². The van der Waals surface area contributed by atoms with Gasteiger partial charge in [-0.3, -0.25) is 4.79 Å². The van der Waals surface area contributed by atoms with Crippen molar-refractivity contribution in [1.82, 2.24) is 0 Å². The molecule has 1 saturated heterocycles. The molecule has 16 heavy (non-hydrogen) atoms. The SMILES string of the molecule is CCCCOC(=O)CCC(O)C1CCSC1. The number of unbranched alkanes of at least 4 members (excludes halogenated alkanes) is 1. The van der Waals surface area contributed by atoms with E-state index in [1.54, 1.807) is 0 Å². The van der Waals surface area contributed by atoms with Crippen LogP contribution >= 0.6 is 11.8 Å². The monoisotopic (exact) mass is 246 g/mol. The van der Waals surface area contributed by atoms with Gasteiger partial charge >= 0.3 is 5.97 Å². The molecule has 1 aliphatic rings. The lowest BCUT2D eigenvalue weighted by atomic mass is 9.98. The molecule has 3 nitrogen and oxygen atoms in total. The van der Waals surface area contributed by atoms with Crippen molar-refractivity contribution in [3.63, 3.8) is 0 Å². The van der Waals surface area contributed by atoms with Crippen LogP contribution in [0, 0.1) is 5.92 Å². The van der Waals surface area contributed by atoms with Gasteiger partial charge in [-0.2, -0.15) is 11.8 Å². The van der Waals surface area contributed by atoms with E-state index in [0.29, 0.717) is 25.4 Å². The third-order valence-corrected chi connectivity index (χ3v) is 4.10. The molecule has 0 amide bonds. The highest BCUT2D eigenvalue weighted by Gasteiger charge is 2.24. The third-order valence-electron chi connectivity index (χ3n) is 2.91. The van der Waals surface area contributed by atoms with E-state index in [4.69, 9.17) is 4.74 Å². The van der Waals surface area contributed by atoms with Crippen molar-refractivity contribution in [2.45, 2.75) is 45.1 Å². The number of esters is 1. The molecule has 2 unspecified atom stereocenters. The predicted octanol–water partition coefficient (Wildman–Crippen LogP) is 2.22. The zero-order chi connectivity index (χ0) is 11.8. The lowest BCUT2D eigenvalue weighted by Crippen LogP contribution is -2.21. The van der Waals surface area contributed by atoms with Gasteiger partial charge in [0.25, 0.3) is 0 Å². The quantitative estimate of drug-likeness (QED) is 0.553. The summed E-state index contributed by atoms with van der Waals surface area (Å²) >= 11 is 1.89. The Hall–Kier alpha value is -0.220. The minimum atomic E-state index is -0.325. The first-order chi connectivity index (χ1) is 7.74. The predicted molar refractivity (Wildman–Crippen MR) is 66.5 cm³/mol. The Morgan fingerprint density at radius 1 is 1.62 bits per heavy atom. The number of aliphatic hydroxyl groups is 1. The molecule has 0 aromatic heterocycles. The second-order valence-electron chi connectivity index (χ2n) is 4.30. The molecule has 0 radical (unpaired) electrons. The van der Waals surface area contributed by atoms with E-state index in [2.05, 4.69) is 6.92 Å². The molecule has 1 N–H and O–H groups in total. The zero-order valence-corrected chi connectivity index (χ0v) is 10.8. The summed E-state index contributed by atoms with van der Waals surface area (Å²) in [4.78, 5) is 11.3. The highest BCUT2D eigenvalue weighted by molar-refractivity contribution is 7.99. The Labute approximate surface area is 102 Å². The summed E-state index contributed by atoms with van der Waals surface area (Å²) in [5, 5.41) is 9.85. The van der Waals surface area contributed by atoms with E-state index in [1.165, 1.54) is 0 Å². The molecule has 0 spiro atoms. The maximum absolute atomic E-state index is 11.3. The average molecular weight is 246 g/mol. The second-order valence-corrected chi connectivity index (χ2v) is 5.45. The molecule has 2 atom stereocenters. The van der Waals surface area contributed by atoms with Gasteiger partial charge < -0.3 is 9.84 Å². The lowest BCUT2D eigenvalue weighted by Gasteiger charge is -2.16. The summed E-state index contributed by atoms with van der Waals surface area (Å²) in [7, 11) is 0. The van der Waals surface area contributed by atoms with Gasteiger partial charge in [0.1, 0.15) is 0 Å². The highest BCUT2D eigenvalue weighted by atomic mass is 32.2. The summed E-state index contributed by atoms with van der Waals surface area (Å²) in [6, 6.07) is 0. The van der Waals surface area contributed by atoms with Crippen LogP contribution in [0.5, 0.6) is 0 Å². The van der Waals surface area contributed by atoms with Crippen molar-refractivity contribution in [1.29, 1.82) is 0 Å². The number of rotatable bonds is 7. The van der Waals surface area contributed by atoms with Crippen molar-refractivity contribution in [3.05, 3.63) is 0 Å². The molecule has 0 aromatic rings. The third kappa shape index (κ3) is 5.21. The maximum Gasteiger partial charge on any atom is 0.305 e. The van der Waals surface area contributed by atoms with E-state index in [9.17, 15) is 9.90 Å². The fourth-order valence-electron chi connectivity index (χ4n) is 1.76. The minimum Gasteiger partial charge on any atom is -0.466 e. The van der Waals surface area contributed by atoms with Crippen molar-refractivity contribution < 1.29 is 14.6 Å². The summed E-state index contributed by atoms with van der Waals surface area (Å²) in [6.07, 6.45) is 3.62. The number of carbonyl (C=O) groups is 1. The van der Waals surface area contributed by atoms with E-state index in [-0.39, 0.29) is 12.1 Å². The summed E-state index contributed by atoms with van der Waals surface area (Å²) in [6.45, 7) is 2.58. The van der Waals surface area contributed by atoms with Gasteiger partial charge in [-0.1, -0.05) is 13.3 Å². The van der Waals surface area contributed by atoms with Gasteiger partial charge in [-0.05, 0) is 36.7 Å². The van der Waals surface area contributed by atoms with Crippen LogP contribution in [0.4, 0.5) is 0 Å². The Kier molecular flexibility index (Phi) is 6.88. The lowest BCUT2D eigenvalue weighted by molar-refractivity contribution is -0.144. The van der Waals surface area contributed by atoms with Crippen molar-refractivity contribution >= 4 is 17.7 Å². The average Bonchev–Trinajstić information content (AvgIpc) is 2.79. The van der Waals surface area contributed by atoms with Crippen molar-refractivity contribution in [3.8, 4) is 0 Å². The molecular formula is C12H22O3S. The minimum absolute atomic E-state index is 0.168. The van der Waals surface area contributed by atoms with Gasteiger partial charge in [0.05, 0.1) is 12.7 Å². The number of hydrogen-bond acceptors (Lipinski definition) is 4. The van der Waals surface area contributed by atoms with Gasteiger partial charge in [0.15, 0.2) is 0 Å². The fraction of sp³-hybridized carbons (Fsp3) is 0.917. The summed E-state index contributed by atoms with van der Waals surface area (Å²) < 4.78 is 5.04. The summed E-state index contributed by atoms with van der Waals surface area (Å²) in [5.74, 6) is 2.39. The van der Waals surface area contributed by atoms with E-state index < -0.39 is 0 Å². The van der Waals surface area contributed by atoms with Gasteiger partial charge in [0, 0.05) is 6.42 Å². The van der Waals surface area contributed by atoms with E-state index in [0.717, 1.165) is 30.8 Å². The van der Waals surface area contributed by atoms with Crippen LogP contribution in [0.2, 0.25) is 0 Å². The smallest absolute Gasteiger partial charge is 0.305 e. The molecule has 0 bridgehead atoms. The molecule has 1 aliphatic heterocycles. The molecule has 0 aromatic carbocycles. The highest BCUT2D eigenvalue weighted by Crippen LogP contribution is 2.27. The van der Waals surface area contributed by atoms with E-state index in [1.807, 2.05) is 11.8 Å². The normalized spacial score (nSPS) is 22.0. The Morgan fingerprint density at radius 2 is 2.44 bits per heavy atom. The number of aliphatic hydroxyl groups excluding tert-OH is 1. The first kappa shape index (κ1) is 13.8. The molecule has 1 heterocycles. The van der Waals surface area contributed by atoms with E-state index >= 15 is 0 Å². The molecule has 0 aliphatic carbocycles.